The van der Waals surface area contributed by atoms with E-state index < -0.39 is 9.84 Å². The fourth-order valence-electron chi connectivity index (χ4n) is 4.22. The molecule has 0 saturated carbocycles. The van der Waals surface area contributed by atoms with Crippen molar-refractivity contribution in [3.05, 3.63) is 60.3 Å². The van der Waals surface area contributed by atoms with Gasteiger partial charge in [-0.2, -0.15) is 9.61 Å². The SMILES string of the molecule is NCc1c(C2CCS(=O)(=O)CC2)nc2c(-c3ccc(-c4cccnc4)nc3)cnn2c1N. The van der Waals surface area contributed by atoms with Gasteiger partial charge in [0.2, 0.25) is 0 Å². The number of nitrogens with zero attached hydrogens (tertiary/aromatic N) is 5. The van der Waals surface area contributed by atoms with Gasteiger partial charge in [0.05, 0.1) is 29.1 Å². The van der Waals surface area contributed by atoms with Gasteiger partial charge in [0, 0.05) is 53.3 Å². The minimum atomic E-state index is -2.98. The number of fused-ring (bicyclic) bond motifs is 1. The minimum absolute atomic E-state index is 0.00166. The molecule has 32 heavy (non-hydrogen) atoms. The molecule has 4 aromatic heterocycles. The highest BCUT2D eigenvalue weighted by Crippen LogP contribution is 2.34. The zero-order valence-corrected chi connectivity index (χ0v) is 18.2. The van der Waals surface area contributed by atoms with Crippen LogP contribution >= 0.6 is 0 Å². The lowest BCUT2D eigenvalue weighted by Gasteiger charge is -2.24. The van der Waals surface area contributed by atoms with Crippen molar-refractivity contribution in [3.63, 3.8) is 0 Å². The quantitative estimate of drug-likeness (QED) is 0.483. The summed E-state index contributed by atoms with van der Waals surface area (Å²) in [6.07, 6.45) is 8.02. The number of hydrogen-bond acceptors (Lipinski definition) is 8. The van der Waals surface area contributed by atoms with Gasteiger partial charge in [0.25, 0.3) is 0 Å². The van der Waals surface area contributed by atoms with Crippen LogP contribution in [0.15, 0.2) is 49.1 Å². The second-order valence-corrected chi connectivity index (χ2v) is 10.3. The van der Waals surface area contributed by atoms with Crippen molar-refractivity contribution in [2.45, 2.75) is 25.3 Å². The summed E-state index contributed by atoms with van der Waals surface area (Å²) in [6, 6.07) is 7.72. The number of hydrogen-bond donors (Lipinski definition) is 2. The third-order valence-corrected chi connectivity index (χ3v) is 7.71. The fraction of sp³-hybridized carbons (Fsp3) is 0.273. The maximum Gasteiger partial charge on any atom is 0.165 e. The Bertz CT molecular complexity index is 1370. The number of pyridine rings is 2. The molecule has 1 saturated heterocycles. The second kappa shape index (κ2) is 7.95. The Morgan fingerprint density at radius 2 is 1.88 bits per heavy atom. The molecule has 4 N–H and O–H groups in total. The molecular formula is C22H23N7O2S. The van der Waals surface area contributed by atoms with E-state index in [1.165, 1.54) is 0 Å². The van der Waals surface area contributed by atoms with Gasteiger partial charge >= 0.3 is 0 Å². The molecule has 0 aliphatic carbocycles. The minimum Gasteiger partial charge on any atom is -0.383 e. The van der Waals surface area contributed by atoms with Gasteiger partial charge in [-0.25, -0.2) is 13.4 Å². The summed E-state index contributed by atoms with van der Waals surface area (Å²) in [6.45, 7) is 0.212. The Morgan fingerprint density at radius 3 is 2.53 bits per heavy atom. The number of sulfone groups is 1. The largest absolute Gasteiger partial charge is 0.383 e. The van der Waals surface area contributed by atoms with E-state index in [-0.39, 0.29) is 24.0 Å². The van der Waals surface area contributed by atoms with Crippen LogP contribution in [0, 0.1) is 0 Å². The summed E-state index contributed by atoms with van der Waals surface area (Å²) in [5.74, 6) is 0.742. The lowest BCUT2D eigenvalue weighted by molar-refractivity contribution is 0.542. The van der Waals surface area contributed by atoms with Crippen LogP contribution in [-0.2, 0) is 16.4 Å². The monoisotopic (exact) mass is 449 g/mol. The normalized spacial score (nSPS) is 16.4. The number of rotatable bonds is 4. The Kier molecular flexibility index (Phi) is 5.10. The highest BCUT2D eigenvalue weighted by molar-refractivity contribution is 7.91. The predicted octanol–water partition coefficient (Wildman–Crippen LogP) is 2.19. The van der Waals surface area contributed by atoms with Gasteiger partial charge in [-0.1, -0.05) is 6.07 Å². The van der Waals surface area contributed by atoms with Gasteiger partial charge < -0.3 is 11.5 Å². The van der Waals surface area contributed by atoms with E-state index in [1.807, 2.05) is 24.3 Å². The standard InChI is InChI=1S/C22H23N7O2S/c23-10-17-20(14-5-8-32(30,31)9-6-14)28-22-18(13-27-29(22)21(17)24)15-3-4-19(26-12-15)16-2-1-7-25-11-16/h1-4,7,11-14H,5-6,8-10,23-24H2. The Hall–Kier alpha value is -3.37. The third-order valence-electron chi connectivity index (χ3n) is 5.99. The number of anilines is 1. The van der Waals surface area contributed by atoms with Crippen molar-refractivity contribution in [2.24, 2.45) is 5.73 Å². The molecule has 5 rings (SSSR count). The molecule has 4 aromatic rings. The van der Waals surface area contributed by atoms with E-state index in [9.17, 15) is 8.42 Å². The molecule has 0 bridgehead atoms. The zero-order valence-electron chi connectivity index (χ0n) is 17.3. The molecule has 9 nitrogen and oxygen atoms in total. The van der Waals surface area contributed by atoms with Crippen LogP contribution in [0.1, 0.15) is 30.0 Å². The van der Waals surface area contributed by atoms with Crippen LogP contribution in [0.5, 0.6) is 0 Å². The van der Waals surface area contributed by atoms with Crippen LogP contribution in [0.25, 0.3) is 28.0 Å². The van der Waals surface area contributed by atoms with Crippen molar-refractivity contribution < 1.29 is 8.42 Å². The number of nitrogen functional groups attached to an aromatic ring is 1. The molecule has 0 spiro atoms. The van der Waals surface area contributed by atoms with Gasteiger partial charge in [0.15, 0.2) is 5.65 Å². The van der Waals surface area contributed by atoms with Crippen LogP contribution in [0.4, 0.5) is 5.82 Å². The molecule has 5 heterocycles. The average Bonchev–Trinajstić information content (AvgIpc) is 3.24. The molecule has 0 amide bonds. The Morgan fingerprint density at radius 1 is 1.06 bits per heavy atom. The third kappa shape index (κ3) is 3.61. The highest BCUT2D eigenvalue weighted by Gasteiger charge is 2.29. The summed E-state index contributed by atoms with van der Waals surface area (Å²) < 4.78 is 25.4. The van der Waals surface area contributed by atoms with Gasteiger partial charge in [-0.15, -0.1) is 0 Å². The van der Waals surface area contributed by atoms with Crippen molar-refractivity contribution in [2.75, 3.05) is 17.2 Å². The summed E-state index contributed by atoms with van der Waals surface area (Å²) in [5, 5.41) is 4.43. The molecule has 10 heteroatoms. The summed E-state index contributed by atoms with van der Waals surface area (Å²) in [7, 11) is -2.98. The Labute approximate surface area is 185 Å². The van der Waals surface area contributed by atoms with Crippen LogP contribution in [-0.4, -0.2) is 44.5 Å². The topological polar surface area (TPSA) is 142 Å². The van der Waals surface area contributed by atoms with Gasteiger partial charge in [0.1, 0.15) is 15.7 Å². The van der Waals surface area contributed by atoms with Crippen LogP contribution in [0.3, 0.4) is 0 Å². The summed E-state index contributed by atoms with van der Waals surface area (Å²) >= 11 is 0. The molecule has 1 aliphatic heterocycles. The Balaban J connectivity index is 1.57. The molecule has 164 valence electrons. The first-order chi connectivity index (χ1) is 15.5. The number of nitrogens with two attached hydrogens (primary N) is 2. The van der Waals surface area contributed by atoms with Crippen molar-refractivity contribution in [1.82, 2.24) is 24.6 Å². The van der Waals surface area contributed by atoms with Gasteiger partial charge in [-0.05, 0) is 31.0 Å². The highest BCUT2D eigenvalue weighted by atomic mass is 32.2. The smallest absolute Gasteiger partial charge is 0.165 e. The van der Waals surface area contributed by atoms with E-state index >= 15 is 0 Å². The number of aromatic nitrogens is 5. The summed E-state index contributed by atoms with van der Waals surface area (Å²) in [5.41, 5.74) is 17.9. The maximum absolute atomic E-state index is 11.9. The molecule has 0 atom stereocenters. The molecule has 0 aromatic carbocycles. The van der Waals surface area contributed by atoms with E-state index in [2.05, 4.69) is 15.1 Å². The first-order valence-corrected chi connectivity index (χ1v) is 12.2. The van der Waals surface area contributed by atoms with Crippen molar-refractivity contribution in [1.29, 1.82) is 0 Å². The molecule has 1 aliphatic rings. The molecular weight excluding hydrogens is 426 g/mol. The van der Waals surface area contributed by atoms with Crippen molar-refractivity contribution >= 4 is 21.3 Å². The lowest BCUT2D eigenvalue weighted by atomic mass is 9.94. The lowest BCUT2D eigenvalue weighted by Crippen LogP contribution is -2.25. The van der Waals surface area contributed by atoms with E-state index in [4.69, 9.17) is 16.5 Å². The van der Waals surface area contributed by atoms with E-state index in [0.29, 0.717) is 24.3 Å². The van der Waals surface area contributed by atoms with Crippen LogP contribution in [0.2, 0.25) is 0 Å². The first kappa shape index (κ1) is 20.5. The van der Waals surface area contributed by atoms with Crippen LogP contribution < -0.4 is 11.5 Å². The first-order valence-electron chi connectivity index (χ1n) is 10.4. The molecule has 1 fully saturated rings. The maximum atomic E-state index is 11.9. The summed E-state index contributed by atoms with van der Waals surface area (Å²) in [4.78, 5) is 13.6. The molecule has 0 unspecified atom stereocenters. The van der Waals surface area contributed by atoms with E-state index in [0.717, 1.165) is 33.6 Å². The van der Waals surface area contributed by atoms with Gasteiger partial charge in [-0.3, -0.25) is 9.97 Å². The van der Waals surface area contributed by atoms with E-state index in [1.54, 1.807) is 29.3 Å². The van der Waals surface area contributed by atoms with Crippen molar-refractivity contribution in [3.8, 4) is 22.4 Å². The zero-order chi connectivity index (χ0) is 22.3. The average molecular weight is 450 g/mol. The predicted molar refractivity (Wildman–Crippen MR) is 122 cm³/mol. The fourth-order valence-corrected chi connectivity index (χ4v) is 5.71. The second-order valence-electron chi connectivity index (χ2n) is 7.96. The molecule has 0 radical (unpaired) electrons.